The van der Waals surface area contributed by atoms with Crippen LogP contribution < -0.4 is 43.4 Å². The summed E-state index contributed by atoms with van der Waals surface area (Å²) >= 11 is 6.05. The second kappa shape index (κ2) is 41.8. The van der Waals surface area contributed by atoms with Gasteiger partial charge < -0.3 is 63.0 Å². The topological polar surface area (TPSA) is 240 Å². The molecule has 6 amide bonds. The van der Waals surface area contributed by atoms with E-state index >= 15 is 0 Å². The number of rotatable bonds is 28. The Balaban J connectivity index is 0.000000177. The van der Waals surface area contributed by atoms with E-state index < -0.39 is 0 Å². The number of halogens is 2. The number of carbonyl (C=O) groups excluding carboxylic acids is 6. The van der Waals surface area contributed by atoms with E-state index in [0.717, 1.165) is 116 Å². The van der Waals surface area contributed by atoms with Crippen molar-refractivity contribution in [2.75, 3.05) is 91.6 Å². The van der Waals surface area contributed by atoms with Crippen LogP contribution in [0, 0.1) is 17.7 Å². The average molecular weight is 1490 g/mol. The molecule has 108 heavy (non-hydrogen) atoms. The Morgan fingerprint density at radius 3 is 1.26 bits per heavy atom. The van der Waals surface area contributed by atoms with Crippen molar-refractivity contribution in [3.63, 3.8) is 0 Å². The Morgan fingerprint density at radius 2 is 0.815 bits per heavy atom. The van der Waals surface area contributed by atoms with Gasteiger partial charge >= 0.3 is 0 Å². The predicted molar refractivity (Wildman–Crippen MR) is 435 cm³/mol. The third-order valence-electron chi connectivity index (χ3n) is 22.2. The van der Waals surface area contributed by atoms with Crippen LogP contribution in [0.15, 0.2) is 176 Å². The smallest absolute Gasteiger partial charge is 0.251 e. The van der Waals surface area contributed by atoms with Gasteiger partial charge in [-0.2, -0.15) is 0 Å². The summed E-state index contributed by atoms with van der Waals surface area (Å²) in [5.41, 5.74) is 15.8. The molecule has 0 aliphatic carbocycles. The molecule has 0 bridgehead atoms. The van der Waals surface area contributed by atoms with Crippen LogP contribution in [0.4, 0.5) is 4.39 Å². The zero-order valence-electron chi connectivity index (χ0n) is 63.7. The van der Waals surface area contributed by atoms with Gasteiger partial charge in [-0.3, -0.25) is 28.8 Å². The van der Waals surface area contributed by atoms with Gasteiger partial charge in [0.05, 0.1) is 18.1 Å². The highest BCUT2D eigenvalue weighted by molar-refractivity contribution is 6.31. The molecule has 0 spiro atoms. The second-order valence-electron chi connectivity index (χ2n) is 29.7. The Morgan fingerprint density at radius 1 is 0.444 bits per heavy atom. The van der Waals surface area contributed by atoms with Gasteiger partial charge in [0.15, 0.2) is 0 Å². The highest BCUT2D eigenvalue weighted by Crippen LogP contribution is 2.29. The first-order valence-corrected chi connectivity index (χ1v) is 40.0. The SMILES string of the molecule is CCC(CC)CN1CC[C@@H](CNC(=O)c2ccc3cc(Cl)ccc3c2)N[C@@H](CCN)C1=O.CCC(CC)CN1CC[C@@H](CNC(=O)c2ccc3cc(F)ccc3c2)N[C@@H](CCN)C1=O.O=C(NC[C@@H]1CCN(CC(c2ccccc2)c2ccccc2)C(=O)[C@H](CCN2CCCCC2)N1)c1ccc2ccccc2c1. The number of benzene rings is 8. The standard InChI is InChI=1S/C38H44N4O2.C25H35ClN4O2.C25H35FN4O2/c43-37(33-19-18-29-12-8-9-17-32(29)26-33)39-27-34-20-25-42(38(44)36(40-34)21-24-41-22-10-3-11-23-41)28-35(30-13-4-1-5-14-30)31-15-6-2-7-16-31;2*1-3-17(4-2)16-30-12-10-22(29-23(9-11-27)25(30)32)15-28-24(31)20-6-5-19-14-21(26)8-7-18(19)13-20/h1-2,4-9,12-19,26,34-36,40H,3,10-11,20-25,27-28H2,(H,39,43);2*5-8,13-14,17,22-23,29H,3-4,9-12,15-16,27H2,1-2H3,(H,28,31)/t34-,36-;2*22-,23-/m000/s1. The number of fused-ring (bicyclic) bond motifs is 3. The molecule has 18 nitrogen and oxygen atoms in total. The van der Waals surface area contributed by atoms with E-state index in [0.29, 0.717) is 105 Å². The zero-order chi connectivity index (χ0) is 76.3. The molecule has 4 heterocycles. The van der Waals surface area contributed by atoms with Crippen molar-refractivity contribution in [1.29, 1.82) is 0 Å². The summed E-state index contributed by atoms with van der Waals surface area (Å²) in [5, 5.41) is 26.2. The lowest BCUT2D eigenvalue weighted by Gasteiger charge is -2.31. The van der Waals surface area contributed by atoms with Crippen molar-refractivity contribution in [1.82, 2.24) is 51.5 Å². The van der Waals surface area contributed by atoms with E-state index in [9.17, 15) is 33.2 Å². The lowest BCUT2D eigenvalue weighted by molar-refractivity contribution is -0.134. The van der Waals surface area contributed by atoms with Crippen LogP contribution in [-0.4, -0.2) is 183 Å². The van der Waals surface area contributed by atoms with E-state index in [-0.39, 0.29) is 83.4 Å². The molecule has 4 fully saturated rings. The van der Waals surface area contributed by atoms with Gasteiger partial charge in [0.2, 0.25) is 17.7 Å². The largest absolute Gasteiger partial charge is 0.350 e. The number of hydrogen-bond donors (Lipinski definition) is 8. The molecule has 576 valence electrons. The van der Waals surface area contributed by atoms with E-state index in [4.69, 9.17) is 23.1 Å². The molecule has 6 atom stereocenters. The second-order valence-corrected chi connectivity index (χ2v) is 30.1. The van der Waals surface area contributed by atoms with Crippen molar-refractivity contribution in [3.05, 3.63) is 215 Å². The van der Waals surface area contributed by atoms with E-state index in [1.165, 1.54) is 42.5 Å². The maximum Gasteiger partial charge on any atom is 0.251 e. The minimum atomic E-state index is -0.325. The average Bonchev–Trinajstić information content (AvgIpc) is 1.36. The van der Waals surface area contributed by atoms with Crippen molar-refractivity contribution < 1.29 is 33.2 Å². The molecule has 10 N–H and O–H groups in total. The lowest BCUT2D eigenvalue weighted by atomic mass is 9.90. The maximum atomic E-state index is 14.2. The summed E-state index contributed by atoms with van der Waals surface area (Å²) in [4.78, 5) is 87.6. The minimum absolute atomic E-state index is 0.00612. The fraction of sp³-hybridized carbons (Fsp3) is 0.455. The number of carbonyl (C=O) groups is 6. The van der Waals surface area contributed by atoms with Gasteiger partial charge in [-0.15, -0.1) is 0 Å². The molecule has 0 radical (unpaired) electrons. The van der Waals surface area contributed by atoms with Crippen LogP contribution in [0.25, 0.3) is 32.3 Å². The summed E-state index contributed by atoms with van der Waals surface area (Å²) in [6.45, 7) is 18.2. The van der Waals surface area contributed by atoms with Crippen molar-refractivity contribution in [2.45, 2.75) is 153 Å². The molecule has 4 aliphatic rings. The monoisotopic (exact) mass is 1490 g/mol. The predicted octanol–water partition coefficient (Wildman–Crippen LogP) is 12.5. The number of nitrogens with one attached hydrogen (secondary N) is 6. The highest BCUT2D eigenvalue weighted by atomic mass is 35.5. The molecule has 0 unspecified atom stereocenters. The van der Waals surface area contributed by atoms with Crippen LogP contribution in [0.5, 0.6) is 0 Å². The summed E-state index contributed by atoms with van der Waals surface area (Å²) in [5.74, 6) is 0.822. The van der Waals surface area contributed by atoms with Crippen LogP contribution in [0.2, 0.25) is 5.02 Å². The molecule has 8 aromatic rings. The minimum Gasteiger partial charge on any atom is -0.350 e. The summed E-state index contributed by atoms with van der Waals surface area (Å²) in [7, 11) is 0. The molecule has 4 saturated heterocycles. The third kappa shape index (κ3) is 23.4. The Hall–Kier alpha value is -8.66. The number of hydrogen-bond acceptors (Lipinski definition) is 12. The Bertz CT molecular complexity index is 4030. The van der Waals surface area contributed by atoms with Gasteiger partial charge in [0.25, 0.3) is 17.7 Å². The summed E-state index contributed by atoms with van der Waals surface area (Å²) in [6.07, 6.45) is 12.3. The number of piperidine rings is 1. The van der Waals surface area contributed by atoms with E-state index in [1.54, 1.807) is 24.3 Å². The number of nitrogens with zero attached hydrogens (tertiary/aromatic N) is 4. The van der Waals surface area contributed by atoms with E-state index in [1.807, 2.05) is 94.7 Å². The molecular formula is C88H114ClFN12O6. The zero-order valence-corrected chi connectivity index (χ0v) is 64.4. The fourth-order valence-electron chi connectivity index (χ4n) is 15.4. The Kier molecular flexibility index (Phi) is 31.7. The molecule has 8 aromatic carbocycles. The first-order valence-electron chi connectivity index (χ1n) is 39.6. The molecule has 20 heteroatoms. The van der Waals surface area contributed by atoms with Gasteiger partial charge in [-0.1, -0.05) is 187 Å². The molecule has 12 rings (SSSR count). The molecule has 4 aliphatic heterocycles. The normalized spacial score (nSPS) is 19.5. The number of likely N-dealkylation sites (tertiary alicyclic amines) is 1. The molecule has 0 aromatic heterocycles. The van der Waals surface area contributed by atoms with Crippen LogP contribution in [0.1, 0.15) is 159 Å². The van der Waals surface area contributed by atoms with Crippen LogP contribution in [-0.2, 0) is 14.4 Å². The Labute approximate surface area is 643 Å². The van der Waals surface area contributed by atoms with Crippen LogP contribution in [0.3, 0.4) is 0 Å². The van der Waals surface area contributed by atoms with Crippen molar-refractivity contribution in [3.8, 4) is 0 Å². The highest BCUT2D eigenvalue weighted by Gasteiger charge is 2.36. The van der Waals surface area contributed by atoms with Gasteiger partial charge in [-0.05, 0) is 193 Å². The summed E-state index contributed by atoms with van der Waals surface area (Å²) < 4.78 is 13.4. The molecular weight excluding hydrogens is 1380 g/mol. The summed E-state index contributed by atoms with van der Waals surface area (Å²) in [6, 6.07) is 55.0. The van der Waals surface area contributed by atoms with Gasteiger partial charge in [0.1, 0.15) is 5.82 Å². The molecule has 0 saturated carbocycles. The van der Waals surface area contributed by atoms with Crippen molar-refractivity contribution in [2.24, 2.45) is 23.3 Å². The quantitative estimate of drug-likeness (QED) is 0.0229. The van der Waals surface area contributed by atoms with Crippen molar-refractivity contribution >= 4 is 79.4 Å². The third-order valence-corrected chi connectivity index (χ3v) is 22.5. The van der Waals surface area contributed by atoms with Gasteiger partial charge in [0, 0.05) is 111 Å². The van der Waals surface area contributed by atoms with Gasteiger partial charge in [-0.25, -0.2) is 4.39 Å². The fourth-order valence-corrected chi connectivity index (χ4v) is 15.6. The number of amides is 6. The van der Waals surface area contributed by atoms with Crippen LogP contribution >= 0.6 is 11.6 Å². The first-order chi connectivity index (χ1) is 52.5. The maximum absolute atomic E-state index is 14.2. The lowest BCUT2D eigenvalue weighted by Crippen LogP contribution is -2.50. The van der Waals surface area contributed by atoms with E-state index in [2.05, 4.69) is 124 Å². The first kappa shape index (κ1) is 81.8. The number of nitrogens with two attached hydrogens (primary N) is 2.